The van der Waals surface area contributed by atoms with Gasteiger partial charge in [-0.15, -0.1) is 5.10 Å². The van der Waals surface area contributed by atoms with Gasteiger partial charge in [-0.25, -0.2) is 5.10 Å². The number of hydrogen-bond donors (Lipinski definition) is 2. The van der Waals surface area contributed by atoms with E-state index in [1.807, 2.05) is 0 Å². The average molecular weight is 305 g/mol. The standard InChI is InChI=1S/C12H9ClN6O2/c1-6-9(5-21-17-6)12(20)14-10-4-7(13)2-3-8(10)11-15-18-19-16-11/h2-5H,1H3,(H,14,20)(H,15,16,18,19). The van der Waals surface area contributed by atoms with Crippen LogP contribution in [0.15, 0.2) is 29.0 Å². The molecule has 1 amide bonds. The summed E-state index contributed by atoms with van der Waals surface area (Å²) in [5, 5.41) is 20.4. The van der Waals surface area contributed by atoms with E-state index in [1.165, 1.54) is 6.26 Å². The highest BCUT2D eigenvalue weighted by Crippen LogP contribution is 2.28. The van der Waals surface area contributed by atoms with E-state index in [0.717, 1.165) is 0 Å². The number of amides is 1. The predicted octanol–water partition coefficient (Wildman–Crippen LogP) is 2.07. The highest BCUT2D eigenvalue weighted by Gasteiger charge is 2.16. The summed E-state index contributed by atoms with van der Waals surface area (Å²) in [4.78, 5) is 12.2. The Hall–Kier alpha value is -2.74. The van der Waals surface area contributed by atoms with Gasteiger partial charge < -0.3 is 9.84 Å². The molecule has 106 valence electrons. The zero-order chi connectivity index (χ0) is 14.8. The van der Waals surface area contributed by atoms with Crippen LogP contribution in [0.2, 0.25) is 5.02 Å². The minimum absolute atomic E-state index is 0.344. The van der Waals surface area contributed by atoms with Crippen LogP contribution < -0.4 is 5.32 Å². The van der Waals surface area contributed by atoms with Gasteiger partial charge in [-0.3, -0.25) is 4.79 Å². The van der Waals surface area contributed by atoms with Crippen LogP contribution in [-0.2, 0) is 0 Å². The topological polar surface area (TPSA) is 110 Å². The molecule has 0 unspecified atom stereocenters. The second-order valence-corrected chi connectivity index (χ2v) is 4.64. The first-order valence-electron chi connectivity index (χ1n) is 5.91. The van der Waals surface area contributed by atoms with Crippen LogP contribution in [-0.4, -0.2) is 31.7 Å². The monoisotopic (exact) mass is 304 g/mol. The van der Waals surface area contributed by atoms with Crippen molar-refractivity contribution in [3.8, 4) is 11.4 Å². The fourth-order valence-corrected chi connectivity index (χ4v) is 1.97. The molecule has 2 N–H and O–H groups in total. The molecule has 2 aromatic heterocycles. The van der Waals surface area contributed by atoms with E-state index >= 15 is 0 Å². The Balaban J connectivity index is 1.97. The average Bonchev–Trinajstić information content (AvgIpc) is 3.10. The number of rotatable bonds is 3. The number of anilines is 1. The van der Waals surface area contributed by atoms with Gasteiger partial charge in [0.05, 0.1) is 11.4 Å². The van der Waals surface area contributed by atoms with E-state index in [0.29, 0.717) is 33.4 Å². The molecule has 8 nitrogen and oxygen atoms in total. The summed E-state index contributed by atoms with van der Waals surface area (Å²) < 4.78 is 4.75. The second kappa shape index (κ2) is 5.33. The van der Waals surface area contributed by atoms with Crippen molar-refractivity contribution in [2.45, 2.75) is 6.92 Å². The number of benzene rings is 1. The molecule has 0 radical (unpaired) electrons. The van der Waals surface area contributed by atoms with Gasteiger partial charge >= 0.3 is 0 Å². The number of H-pyrrole nitrogens is 1. The van der Waals surface area contributed by atoms with Gasteiger partial charge in [-0.2, -0.15) is 0 Å². The molecule has 0 spiro atoms. The first kappa shape index (κ1) is 13.3. The Morgan fingerprint density at radius 2 is 2.29 bits per heavy atom. The zero-order valence-electron chi connectivity index (χ0n) is 10.8. The number of hydrogen-bond acceptors (Lipinski definition) is 6. The molecule has 0 aliphatic heterocycles. The van der Waals surface area contributed by atoms with Crippen LogP contribution in [0.4, 0.5) is 5.69 Å². The fraction of sp³-hybridized carbons (Fsp3) is 0.0833. The minimum atomic E-state index is -0.357. The zero-order valence-corrected chi connectivity index (χ0v) is 11.5. The Morgan fingerprint density at radius 3 is 2.95 bits per heavy atom. The van der Waals surface area contributed by atoms with Crippen molar-refractivity contribution in [3.63, 3.8) is 0 Å². The summed E-state index contributed by atoms with van der Waals surface area (Å²) in [6.45, 7) is 1.68. The normalized spacial score (nSPS) is 10.6. The highest BCUT2D eigenvalue weighted by molar-refractivity contribution is 6.31. The summed E-state index contributed by atoms with van der Waals surface area (Å²) >= 11 is 5.97. The van der Waals surface area contributed by atoms with Crippen LogP contribution in [0.1, 0.15) is 16.1 Å². The van der Waals surface area contributed by atoms with Crippen LogP contribution in [0, 0.1) is 6.92 Å². The van der Waals surface area contributed by atoms with Crippen molar-refractivity contribution in [1.29, 1.82) is 0 Å². The summed E-state index contributed by atoms with van der Waals surface area (Å²) in [6, 6.07) is 5.00. The maximum absolute atomic E-state index is 12.2. The molecular weight excluding hydrogens is 296 g/mol. The molecule has 0 fully saturated rings. The molecule has 0 aliphatic rings. The molecule has 0 aliphatic carbocycles. The Bertz CT molecular complexity index is 783. The van der Waals surface area contributed by atoms with Crippen molar-refractivity contribution in [2.24, 2.45) is 0 Å². The molecule has 9 heteroatoms. The SMILES string of the molecule is Cc1nocc1C(=O)Nc1cc(Cl)ccc1-c1nnn[nH]1. The molecule has 0 saturated heterocycles. The Kier molecular flexibility index (Phi) is 3.36. The van der Waals surface area contributed by atoms with Crippen molar-refractivity contribution in [1.82, 2.24) is 25.8 Å². The second-order valence-electron chi connectivity index (χ2n) is 4.21. The summed E-state index contributed by atoms with van der Waals surface area (Å²) in [5.74, 6) is 0.0637. The third-order valence-electron chi connectivity index (χ3n) is 2.82. The summed E-state index contributed by atoms with van der Waals surface area (Å²) in [6.07, 6.45) is 1.28. The van der Waals surface area contributed by atoms with E-state index < -0.39 is 0 Å². The molecule has 0 bridgehead atoms. The van der Waals surface area contributed by atoms with E-state index in [2.05, 4.69) is 31.1 Å². The minimum Gasteiger partial charge on any atom is -0.364 e. The number of halogens is 1. The van der Waals surface area contributed by atoms with Crippen molar-refractivity contribution in [2.75, 3.05) is 5.32 Å². The number of aromatic amines is 1. The number of nitrogens with one attached hydrogen (secondary N) is 2. The molecule has 3 aromatic rings. The van der Waals surface area contributed by atoms with E-state index in [9.17, 15) is 4.79 Å². The van der Waals surface area contributed by atoms with Gasteiger partial charge in [0.15, 0.2) is 5.82 Å². The first-order chi connectivity index (χ1) is 10.1. The molecular formula is C12H9ClN6O2. The molecule has 3 rings (SSSR count). The molecule has 2 heterocycles. The van der Waals surface area contributed by atoms with Gasteiger partial charge in [0.25, 0.3) is 5.91 Å². The van der Waals surface area contributed by atoms with Crippen LogP contribution in [0.5, 0.6) is 0 Å². The van der Waals surface area contributed by atoms with E-state index in [4.69, 9.17) is 16.1 Å². The number of aromatic nitrogens is 5. The first-order valence-corrected chi connectivity index (χ1v) is 6.29. The summed E-state index contributed by atoms with van der Waals surface area (Å²) in [5.41, 5.74) is 1.94. The fourth-order valence-electron chi connectivity index (χ4n) is 1.80. The van der Waals surface area contributed by atoms with Gasteiger partial charge in [0.2, 0.25) is 0 Å². The number of aryl methyl sites for hydroxylation is 1. The Morgan fingerprint density at radius 1 is 1.43 bits per heavy atom. The van der Waals surface area contributed by atoms with Crippen LogP contribution >= 0.6 is 11.6 Å². The van der Waals surface area contributed by atoms with Crippen molar-refractivity contribution < 1.29 is 9.32 Å². The largest absolute Gasteiger partial charge is 0.364 e. The molecule has 1 aromatic carbocycles. The van der Waals surface area contributed by atoms with Crippen molar-refractivity contribution in [3.05, 3.63) is 40.7 Å². The lowest BCUT2D eigenvalue weighted by atomic mass is 10.1. The number of tetrazole rings is 1. The maximum atomic E-state index is 12.2. The third kappa shape index (κ3) is 2.61. The Labute approximate surface area is 123 Å². The predicted molar refractivity (Wildman–Crippen MR) is 73.8 cm³/mol. The lowest BCUT2D eigenvalue weighted by Crippen LogP contribution is -2.13. The van der Waals surface area contributed by atoms with Gasteiger partial charge in [0, 0.05) is 10.6 Å². The number of nitrogens with zero attached hydrogens (tertiary/aromatic N) is 4. The lowest BCUT2D eigenvalue weighted by molar-refractivity contribution is 0.102. The number of carbonyl (C=O) groups excluding carboxylic acids is 1. The highest BCUT2D eigenvalue weighted by atomic mass is 35.5. The molecule has 0 saturated carbocycles. The molecule has 21 heavy (non-hydrogen) atoms. The van der Waals surface area contributed by atoms with Crippen molar-refractivity contribution >= 4 is 23.2 Å². The maximum Gasteiger partial charge on any atom is 0.260 e. The van der Waals surface area contributed by atoms with Gasteiger partial charge in [-0.1, -0.05) is 16.8 Å². The molecule has 0 atom stereocenters. The van der Waals surface area contributed by atoms with E-state index in [-0.39, 0.29) is 5.91 Å². The van der Waals surface area contributed by atoms with E-state index in [1.54, 1.807) is 25.1 Å². The summed E-state index contributed by atoms with van der Waals surface area (Å²) in [7, 11) is 0. The smallest absolute Gasteiger partial charge is 0.260 e. The van der Waals surface area contributed by atoms with Gasteiger partial charge in [-0.05, 0) is 35.5 Å². The quantitative estimate of drug-likeness (QED) is 0.766. The lowest BCUT2D eigenvalue weighted by Gasteiger charge is -2.09. The van der Waals surface area contributed by atoms with Crippen LogP contribution in [0.3, 0.4) is 0 Å². The van der Waals surface area contributed by atoms with Gasteiger partial charge in [0.1, 0.15) is 11.8 Å². The third-order valence-corrected chi connectivity index (χ3v) is 3.06. The number of carbonyl (C=O) groups is 1. The van der Waals surface area contributed by atoms with Crippen LogP contribution in [0.25, 0.3) is 11.4 Å².